The summed E-state index contributed by atoms with van der Waals surface area (Å²) in [4.78, 5) is 44.7. The Bertz CT molecular complexity index is 1800. The number of nitrogen functional groups attached to an aromatic ring is 2. The second kappa shape index (κ2) is 11.2. The van der Waals surface area contributed by atoms with E-state index < -0.39 is 74.7 Å². The second-order valence-electron chi connectivity index (χ2n) is 9.50. The van der Waals surface area contributed by atoms with Gasteiger partial charge in [0.1, 0.15) is 29.9 Å². The quantitative estimate of drug-likeness (QED) is 0.0995. The van der Waals surface area contributed by atoms with Crippen molar-refractivity contribution in [3.05, 3.63) is 28.3 Å². The van der Waals surface area contributed by atoms with Gasteiger partial charge in [-0.25, -0.2) is 18.7 Å². The van der Waals surface area contributed by atoms with Crippen molar-refractivity contribution in [2.24, 2.45) is 0 Å². The minimum Gasteiger partial charge on any atom is -0.394 e. The number of hydrogen-bond donors (Lipinski definition) is 6. The molecule has 0 aliphatic carbocycles. The molecule has 8 N–H and O–H groups in total. The van der Waals surface area contributed by atoms with Gasteiger partial charge in [0.15, 0.2) is 47.4 Å². The summed E-state index contributed by atoms with van der Waals surface area (Å²) in [6, 6.07) is 0. The van der Waals surface area contributed by atoms with Gasteiger partial charge < -0.3 is 40.6 Å². The lowest BCUT2D eigenvalue weighted by molar-refractivity contribution is -0.0521. The van der Waals surface area contributed by atoms with Crippen molar-refractivity contribution in [2.75, 3.05) is 24.7 Å². The van der Waals surface area contributed by atoms with Crippen LogP contribution < -0.4 is 17.0 Å². The molecule has 2 fully saturated rings. The summed E-state index contributed by atoms with van der Waals surface area (Å²) >= 11 is 10.9. The van der Waals surface area contributed by atoms with Crippen molar-refractivity contribution >= 4 is 64.2 Å². The first-order chi connectivity index (χ1) is 20.4. The fraction of sp³-hybridized carbons (Fsp3) is 0.500. The Morgan fingerprint density at radius 2 is 1.70 bits per heavy atom. The summed E-state index contributed by atoms with van der Waals surface area (Å²) in [6.45, 7) is -5.75. The van der Waals surface area contributed by atoms with Crippen LogP contribution in [0, 0.1) is 0 Å². The normalized spacial score (nSPS) is 30.8. The molecule has 18 nitrogen and oxygen atoms in total. The van der Waals surface area contributed by atoms with Crippen LogP contribution in [-0.2, 0) is 30.3 Å². The van der Waals surface area contributed by atoms with Crippen LogP contribution in [0.3, 0.4) is 0 Å². The summed E-state index contributed by atoms with van der Waals surface area (Å²) in [7, 11) is 0. The first kappa shape index (κ1) is 30.1. The van der Waals surface area contributed by atoms with Gasteiger partial charge in [0.05, 0.1) is 25.9 Å². The molecule has 0 aromatic carbocycles. The third kappa shape index (κ3) is 5.35. The van der Waals surface area contributed by atoms with Crippen LogP contribution in [0.15, 0.2) is 17.4 Å². The number of ether oxygens (including phenoxy) is 2. The fourth-order valence-electron chi connectivity index (χ4n) is 4.83. The van der Waals surface area contributed by atoms with Crippen LogP contribution in [0.1, 0.15) is 12.5 Å². The van der Waals surface area contributed by atoms with Crippen molar-refractivity contribution < 1.29 is 42.4 Å². The molecule has 9 atom stereocenters. The van der Waals surface area contributed by atoms with Crippen molar-refractivity contribution in [2.45, 2.75) is 49.2 Å². The minimum absolute atomic E-state index is 0.0398. The van der Waals surface area contributed by atoms with Crippen LogP contribution in [0.4, 0.5) is 20.5 Å². The number of aliphatic hydroxyl groups excluding tert-OH is 2. The lowest BCUT2D eigenvalue weighted by Crippen LogP contribution is -2.34. The third-order valence-corrected chi connectivity index (χ3v) is 8.55. The van der Waals surface area contributed by atoms with Crippen LogP contribution in [0.5, 0.6) is 0 Å². The number of nitrogens with two attached hydrogens (primary N) is 2. The second-order valence-corrected chi connectivity index (χ2v) is 12.6. The van der Waals surface area contributed by atoms with E-state index >= 15 is 8.78 Å². The van der Waals surface area contributed by atoms with E-state index in [0.29, 0.717) is 0 Å². The highest BCUT2D eigenvalue weighted by Crippen LogP contribution is 2.50. The number of imidazole rings is 2. The minimum atomic E-state index is -4.32. The summed E-state index contributed by atoms with van der Waals surface area (Å²) in [6.07, 6.45) is -10.9. The molecule has 0 amide bonds. The van der Waals surface area contributed by atoms with Gasteiger partial charge in [-0.1, -0.05) is 0 Å². The maximum absolute atomic E-state index is 15.7. The topological polar surface area (TPSA) is 257 Å². The van der Waals surface area contributed by atoms with Gasteiger partial charge in [0.25, 0.3) is 5.56 Å². The predicted molar refractivity (Wildman–Crippen MR) is 145 cm³/mol. The van der Waals surface area contributed by atoms with Gasteiger partial charge >= 0.3 is 6.72 Å². The fourth-order valence-corrected chi connectivity index (χ4v) is 6.44. The molecule has 6 heterocycles. The van der Waals surface area contributed by atoms with Gasteiger partial charge in [-0.15, -0.1) is 0 Å². The molecule has 43 heavy (non-hydrogen) atoms. The van der Waals surface area contributed by atoms with E-state index in [1.807, 2.05) is 0 Å². The smallest absolute Gasteiger partial charge is 0.325 e. The third-order valence-electron chi connectivity index (χ3n) is 6.82. The molecule has 232 valence electrons. The van der Waals surface area contributed by atoms with E-state index in [9.17, 15) is 19.9 Å². The van der Waals surface area contributed by atoms with Gasteiger partial charge in [-0.05, 0) is 23.4 Å². The zero-order valence-corrected chi connectivity index (χ0v) is 23.8. The first-order valence-corrected chi connectivity index (χ1v) is 15.3. The van der Waals surface area contributed by atoms with Crippen molar-refractivity contribution in [1.29, 1.82) is 0 Å². The van der Waals surface area contributed by atoms with Crippen molar-refractivity contribution in [1.82, 2.24) is 39.0 Å². The molecule has 2 saturated heterocycles. The number of nitrogens with zero attached hydrogens (tertiary/aromatic N) is 7. The predicted octanol–water partition coefficient (Wildman–Crippen LogP) is -0.780. The summed E-state index contributed by atoms with van der Waals surface area (Å²) < 4.78 is 54.8. The monoisotopic (exact) mass is 666 g/mol. The Hall–Kier alpha value is -2.98. The van der Waals surface area contributed by atoms with Gasteiger partial charge in [-0.2, -0.15) is 15.0 Å². The number of rotatable bonds is 8. The highest BCUT2D eigenvalue weighted by Gasteiger charge is 2.50. The highest BCUT2D eigenvalue weighted by molar-refractivity contribution is 8.07. The summed E-state index contributed by atoms with van der Waals surface area (Å²) in [5.74, 6) is -0.309. The number of alkyl halides is 2. The lowest BCUT2D eigenvalue weighted by Gasteiger charge is -2.25. The van der Waals surface area contributed by atoms with Crippen LogP contribution >= 0.6 is 18.3 Å². The maximum Gasteiger partial charge on any atom is 0.325 e. The molecular weight excluding hydrogens is 645 g/mol. The highest BCUT2D eigenvalue weighted by atomic mass is 35.5. The number of nitrogens with one attached hydrogen (secondary N) is 1. The summed E-state index contributed by atoms with van der Waals surface area (Å²) in [5, 5.41) is 20.0. The molecule has 4 aromatic heterocycles. The van der Waals surface area contributed by atoms with Crippen molar-refractivity contribution in [3.8, 4) is 0 Å². The molecule has 2 aliphatic heterocycles. The number of aliphatic hydroxyl groups is 2. The Morgan fingerprint density at radius 1 is 1.07 bits per heavy atom. The summed E-state index contributed by atoms with van der Waals surface area (Å²) in [5.41, 5.74) is 10.6. The van der Waals surface area contributed by atoms with E-state index in [4.69, 9.17) is 53.4 Å². The number of aromatic nitrogens is 8. The number of aromatic amines is 1. The molecular formula is C20H22ClF2N10O8PS. The molecule has 6 rings (SSSR count). The van der Waals surface area contributed by atoms with Crippen LogP contribution in [-0.4, -0.2) is 104 Å². The number of H-pyrrole nitrogens is 1. The van der Waals surface area contributed by atoms with E-state index in [2.05, 4.69) is 29.9 Å². The number of fused-ring (bicyclic) bond motifs is 2. The Labute approximate surface area is 247 Å². The Morgan fingerprint density at radius 3 is 2.40 bits per heavy atom. The first-order valence-electron chi connectivity index (χ1n) is 12.3. The average molecular weight is 667 g/mol. The lowest BCUT2D eigenvalue weighted by atomic mass is 10.1. The molecule has 0 bridgehead atoms. The van der Waals surface area contributed by atoms with E-state index in [1.165, 1.54) is 6.33 Å². The molecule has 3 unspecified atom stereocenters. The largest absolute Gasteiger partial charge is 0.394 e. The van der Waals surface area contributed by atoms with E-state index in [1.54, 1.807) is 0 Å². The molecule has 2 aliphatic rings. The van der Waals surface area contributed by atoms with Crippen LogP contribution in [0.2, 0.25) is 5.28 Å². The molecule has 0 spiro atoms. The standard InChI is InChI=1S/C20H22ClF2N10O8PS/c21-19-28-13(24)9-14(29-19)32(3-26-9)18-8(23)12(5(1-34)39-18)41-42(37,43)38-2-6-11(35)7(22)17(40-6)33-4-27-10-15(33)30-20(25)31-16(10)36/h3-8,11-12,17-18,34-35H,1-2H2,(H,37,43)(H2,24,28,29)(H3,25,30,31,36)/t5-,6-,7+,8-,11?,12?,17-,18-,42?/m1/s1. The van der Waals surface area contributed by atoms with Gasteiger partial charge in [0.2, 0.25) is 11.2 Å². The Kier molecular flexibility index (Phi) is 7.82. The number of anilines is 2. The SMILES string of the molecule is Nc1nc2c(ncn2[C@@H]2O[C@H](COP(O)(=S)OC3[C@@H](F)[C@H](n4cnc5c(N)nc(Cl)nc54)O[C@@H]3CO)C(O)[C@@H]2F)c(=O)[nH]1. The maximum atomic E-state index is 15.7. The van der Waals surface area contributed by atoms with Gasteiger partial charge in [-0.3, -0.25) is 23.4 Å². The zero-order valence-electron chi connectivity index (χ0n) is 21.3. The molecule has 0 radical (unpaired) electrons. The molecule has 23 heteroatoms. The van der Waals surface area contributed by atoms with E-state index in [0.717, 1.165) is 15.5 Å². The molecule has 0 saturated carbocycles. The average Bonchev–Trinajstić information content (AvgIpc) is 3.69. The number of halogens is 3. The number of hydrogen-bond acceptors (Lipinski definition) is 15. The van der Waals surface area contributed by atoms with Gasteiger partial charge in [0, 0.05) is 0 Å². The molecule has 4 aromatic rings. The Balaban J connectivity index is 1.15. The van der Waals surface area contributed by atoms with E-state index in [-0.39, 0.29) is 39.4 Å². The zero-order chi connectivity index (χ0) is 30.8. The van der Waals surface area contributed by atoms with Crippen LogP contribution in [0.25, 0.3) is 22.3 Å². The van der Waals surface area contributed by atoms with Crippen molar-refractivity contribution in [3.63, 3.8) is 0 Å².